The average molecular weight is 516 g/mol. The second kappa shape index (κ2) is 10.4. The Balaban J connectivity index is 0.00000225. The number of aromatic nitrogens is 4. The van der Waals surface area contributed by atoms with E-state index >= 15 is 0 Å². The van der Waals surface area contributed by atoms with Crippen molar-refractivity contribution in [3.63, 3.8) is 0 Å². The topological polar surface area (TPSA) is 85.3 Å². The normalized spacial score (nSPS) is 18.4. The van der Waals surface area contributed by atoms with Gasteiger partial charge in [-0.15, -0.1) is 35.3 Å². The Morgan fingerprint density at radius 2 is 2.07 bits per heavy atom. The van der Waals surface area contributed by atoms with Crippen LogP contribution in [0.25, 0.3) is 0 Å². The summed E-state index contributed by atoms with van der Waals surface area (Å²) in [6.45, 7) is 5.14. The van der Waals surface area contributed by atoms with Gasteiger partial charge < -0.3 is 15.1 Å². The largest absolute Gasteiger partial charge is 0.356 e. The summed E-state index contributed by atoms with van der Waals surface area (Å²) in [7, 11) is 1.86. The van der Waals surface area contributed by atoms with Crippen LogP contribution in [-0.4, -0.2) is 70.8 Å². The Morgan fingerprint density at radius 1 is 1.29 bits per heavy atom. The summed E-state index contributed by atoms with van der Waals surface area (Å²) in [5.41, 5.74) is 1.17. The number of H-pyrrole nitrogens is 1. The molecule has 0 bridgehead atoms. The molecule has 154 valence electrons. The Kier molecular flexibility index (Phi) is 7.89. The maximum Gasteiger partial charge on any atom is 0.193 e. The van der Waals surface area contributed by atoms with Crippen LogP contribution >= 0.6 is 35.3 Å². The molecule has 0 spiro atoms. The lowest BCUT2D eigenvalue weighted by atomic mass is 9.96. The number of halogens is 1. The first-order valence-electron chi connectivity index (χ1n) is 9.83. The van der Waals surface area contributed by atoms with Crippen molar-refractivity contribution in [2.45, 2.75) is 38.0 Å². The van der Waals surface area contributed by atoms with E-state index in [1.54, 1.807) is 17.7 Å². The number of nitrogens with one attached hydrogen (secondary N) is 2. The van der Waals surface area contributed by atoms with Gasteiger partial charge in [0.2, 0.25) is 0 Å². The summed E-state index contributed by atoms with van der Waals surface area (Å²) >= 11 is 1.77. The standard InChI is InChI=1S/C18H28N8S.HI/c1-19-17(25-10-5-14(6-11-25)16-21-13-22-24-16)20-7-4-15-12-27-18(23-15)26-8-2-3-9-26;/h12-14H,2-11H2,1H3,(H,19,20)(H,21,22,24);1H. The second-order valence-electron chi connectivity index (χ2n) is 7.17. The van der Waals surface area contributed by atoms with Crippen molar-refractivity contribution in [1.82, 2.24) is 30.4 Å². The van der Waals surface area contributed by atoms with Gasteiger partial charge in [0.15, 0.2) is 11.1 Å². The molecule has 0 aromatic carbocycles. The lowest BCUT2D eigenvalue weighted by molar-refractivity contribution is 0.299. The molecule has 0 atom stereocenters. The maximum atomic E-state index is 4.80. The van der Waals surface area contributed by atoms with E-state index in [9.17, 15) is 0 Å². The first-order chi connectivity index (χ1) is 13.3. The molecule has 4 heterocycles. The van der Waals surface area contributed by atoms with Crippen molar-refractivity contribution >= 4 is 46.4 Å². The van der Waals surface area contributed by atoms with Gasteiger partial charge in [-0.1, -0.05) is 0 Å². The molecule has 2 aromatic heterocycles. The highest BCUT2D eigenvalue weighted by atomic mass is 127. The van der Waals surface area contributed by atoms with Gasteiger partial charge in [0.25, 0.3) is 0 Å². The highest BCUT2D eigenvalue weighted by Gasteiger charge is 2.24. The summed E-state index contributed by atoms with van der Waals surface area (Å²) in [5.74, 6) is 2.47. The summed E-state index contributed by atoms with van der Waals surface area (Å²) in [6.07, 6.45) is 7.25. The highest BCUT2D eigenvalue weighted by Crippen LogP contribution is 2.25. The Morgan fingerprint density at radius 3 is 2.75 bits per heavy atom. The van der Waals surface area contributed by atoms with Crippen LogP contribution in [0.1, 0.15) is 43.1 Å². The lowest BCUT2D eigenvalue weighted by Gasteiger charge is -2.33. The fourth-order valence-corrected chi connectivity index (χ4v) is 4.79. The van der Waals surface area contributed by atoms with Crippen LogP contribution in [0.15, 0.2) is 16.7 Å². The molecule has 2 fully saturated rings. The summed E-state index contributed by atoms with van der Waals surface area (Å²) < 4.78 is 0. The number of nitrogens with zero attached hydrogens (tertiary/aromatic N) is 6. The molecule has 0 unspecified atom stereocenters. The van der Waals surface area contributed by atoms with E-state index in [0.29, 0.717) is 5.92 Å². The van der Waals surface area contributed by atoms with Crippen molar-refractivity contribution in [1.29, 1.82) is 0 Å². The van der Waals surface area contributed by atoms with Crippen LogP contribution in [0.4, 0.5) is 5.13 Å². The molecule has 2 aliphatic heterocycles. The van der Waals surface area contributed by atoms with E-state index < -0.39 is 0 Å². The number of piperidine rings is 1. The SMILES string of the molecule is CN=C(NCCc1csc(N2CCCC2)n1)N1CCC(c2ncn[nH]2)CC1.I. The van der Waals surface area contributed by atoms with Gasteiger partial charge in [-0.2, -0.15) is 5.10 Å². The fraction of sp³-hybridized carbons (Fsp3) is 0.667. The third-order valence-electron chi connectivity index (χ3n) is 5.41. The Bertz CT molecular complexity index is 733. The van der Waals surface area contributed by atoms with Gasteiger partial charge in [0.1, 0.15) is 12.2 Å². The van der Waals surface area contributed by atoms with Crippen LogP contribution in [0, 0.1) is 0 Å². The van der Waals surface area contributed by atoms with Crippen LogP contribution in [-0.2, 0) is 6.42 Å². The van der Waals surface area contributed by atoms with Crippen LogP contribution < -0.4 is 10.2 Å². The minimum Gasteiger partial charge on any atom is -0.356 e. The molecule has 0 saturated carbocycles. The van der Waals surface area contributed by atoms with Gasteiger partial charge in [0.05, 0.1) is 5.69 Å². The zero-order chi connectivity index (χ0) is 18.5. The third-order valence-corrected chi connectivity index (χ3v) is 6.36. The van der Waals surface area contributed by atoms with Crippen molar-refractivity contribution in [2.75, 3.05) is 44.7 Å². The van der Waals surface area contributed by atoms with Crippen molar-refractivity contribution in [2.24, 2.45) is 4.99 Å². The van der Waals surface area contributed by atoms with Crippen LogP contribution in [0.3, 0.4) is 0 Å². The zero-order valence-corrected chi connectivity index (χ0v) is 19.4. The van der Waals surface area contributed by atoms with Crippen LogP contribution in [0.2, 0.25) is 0 Å². The quantitative estimate of drug-likeness (QED) is 0.361. The van der Waals surface area contributed by atoms with Gasteiger partial charge >= 0.3 is 0 Å². The monoisotopic (exact) mass is 516 g/mol. The summed E-state index contributed by atoms with van der Waals surface area (Å²) in [6, 6.07) is 0. The van der Waals surface area contributed by atoms with E-state index in [1.165, 1.54) is 23.7 Å². The number of hydrogen-bond acceptors (Lipinski definition) is 6. The third kappa shape index (κ3) is 5.13. The highest BCUT2D eigenvalue weighted by molar-refractivity contribution is 14.0. The smallest absolute Gasteiger partial charge is 0.193 e. The number of rotatable bonds is 5. The number of hydrogen-bond donors (Lipinski definition) is 2. The van der Waals surface area contributed by atoms with E-state index in [1.807, 2.05) is 7.05 Å². The number of anilines is 1. The molecule has 28 heavy (non-hydrogen) atoms. The number of aromatic amines is 1. The first-order valence-corrected chi connectivity index (χ1v) is 10.7. The molecule has 0 amide bonds. The summed E-state index contributed by atoms with van der Waals surface area (Å²) in [4.78, 5) is 18.3. The predicted octanol–water partition coefficient (Wildman–Crippen LogP) is 2.48. The molecular weight excluding hydrogens is 487 g/mol. The van der Waals surface area contributed by atoms with Crippen molar-refractivity contribution in [3.8, 4) is 0 Å². The number of guanidine groups is 1. The molecule has 2 aromatic rings. The minimum absolute atomic E-state index is 0. The number of thiazole rings is 1. The Labute approximate surface area is 187 Å². The van der Waals surface area contributed by atoms with Crippen LogP contribution in [0.5, 0.6) is 0 Å². The van der Waals surface area contributed by atoms with E-state index in [0.717, 1.165) is 63.8 Å². The molecular formula is C18H29IN8S. The zero-order valence-electron chi connectivity index (χ0n) is 16.3. The number of aliphatic imine (C=N–C) groups is 1. The van der Waals surface area contributed by atoms with Gasteiger partial charge in [-0.25, -0.2) is 9.97 Å². The molecule has 8 nitrogen and oxygen atoms in total. The molecule has 4 rings (SSSR count). The van der Waals surface area contributed by atoms with Gasteiger partial charge in [0, 0.05) is 57.5 Å². The Hall–Kier alpha value is -1.43. The lowest BCUT2D eigenvalue weighted by Crippen LogP contribution is -2.45. The van der Waals surface area contributed by atoms with Crippen molar-refractivity contribution < 1.29 is 0 Å². The first kappa shape index (κ1) is 21.3. The molecule has 2 N–H and O–H groups in total. The summed E-state index contributed by atoms with van der Waals surface area (Å²) in [5, 5.41) is 13.9. The number of likely N-dealkylation sites (tertiary alicyclic amines) is 1. The second-order valence-corrected chi connectivity index (χ2v) is 8.01. The maximum absolute atomic E-state index is 4.80. The van der Waals surface area contributed by atoms with Gasteiger partial charge in [-0.3, -0.25) is 10.1 Å². The molecule has 10 heteroatoms. The van der Waals surface area contributed by atoms with E-state index in [-0.39, 0.29) is 24.0 Å². The molecule has 0 aliphatic carbocycles. The van der Waals surface area contributed by atoms with Crippen molar-refractivity contribution in [3.05, 3.63) is 23.2 Å². The fourth-order valence-electron chi connectivity index (χ4n) is 3.88. The minimum atomic E-state index is 0. The van der Waals surface area contributed by atoms with Gasteiger partial charge in [-0.05, 0) is 25.7 Å². The van der Waals surface area contributed by atoms with E-state index in [2.05, 4.69) is 40.7 Å². The predicted molar refractivity (Wildman–Crippen MR) is 124 cm³/mol. The average Bonchev–Trinajstić information content (AvgIpc) is 3.48. The molecule has 2 saturated heterocycles. The van der Waals surface area contributed by atoms with E-state index in [4.69, 9.17) is 4.98 Å². The molecule has 0 radical (unpaired) electrons. The molecule has 2 aliphatic rings.